The fourth-order valence-corrected chi connectivity index (χ4v) is 5.11. The Morgan fingerprint density at radius 3 is 0.808 bits per heavy atom. The third-order valence-electron chi connectivity index (χ3n) is 6.10. The lowest BCUT2D eigenvalue weighted by Crippen LogP contribution is -2.70. The van der Waals surface area contributed by atoms with Gasteiger partial charge in [0, 0.05) is 0 Å². The van der Waals surface area contributed by atoms with E-state index in [1.807, 2.05) is 0 Å². The summed E-state index contributed by atoms with van der Waals surface area (Å²) in [5, 5.41) is 0. The minimum Gasteiger partial charge on any atom is -0.0737 e. The Morgan fingerprint density at radius 1 is 0.308 bits per heavy atom. The van der Waals surface area contributed by atoms with Crippen molar-refractivity contribution < 1.29 is 0 Å². The average Bonchev–Trinajstić information content (AvgIpc) is 2.73. The van der Waals surface area contributed by atoms with Gasteiger partial charge in [-0.05, 0) is 22.3 Å². The van der Waals surface area contributed by atoms with Gasteiger partial charge in [-0.25, -0.2) is 0 Å². The van der Waals surface area contributed by atoms with E-state index in [-0.39, 0.29) is 0 Å². The minimum absolute atomic E-state index is 0.382. The molecule has 2 heterocycles. The largest absolute Gasteiger partial charge is 0.193 e. The van der Waals surface area contributed by atoms with Gasteiger partial charge < -0.3 is 0 Å². The Kier molecular flexibility index (Phi) is 2.87. The summed E-state index contributed by atoms with van der Waals surface area (Å²) in [6.45, 7) is 0.763. The molecule has 0 fully saturated rings. The van der Waals surface area contributed by atoms with E-state index >= 15 is 0 Å². The summed E-state index contributed by atoms with van der Waals surface area (Å²) in [5.74, 6) is 0. The normalized spacial score (nSPS) is 13.2. The molecule has 0 spiro atoms. The molecule has 0 N–H and O–H groups in total. The fourth-order valence-electron chi connectivity index (χ4n) is 5.11. The van der Waals surface area contributed by atoms with E-state index in [2.05, 4.69) is 97.1 Å². The second-order valence-electron chi connectivity index (χ2n) is 7.30. The van der Waals surface area contributed by atoms with Gasteiger partial charge in [0.05, 0.1) is 0 Å². The average molecular weight is 326 g/mol. The van der Waals surface area contributed by atoms with Crippen molar-refractivity contribution in [2.45, 2.75) is 0 Å². The maximum absolute atomic E-state index is 2.33. The monoisotopic (exact) mass is 326 g/mol. The SMILES string of the molecule is c1ccc2c(c1)B1B(c3ccccc3-2)c2ccccc2-c2ccccc21. The summed E-state index contributed by atoms with van der Waals surface area (Å²) in [7, 11) is 0. The van der Waals surface area contributed by atoms with E-state index < -0.39 is 0 Å². The van der Waals surface area contributed by atoms with Crippen LogP contribution in [-0.2, 0) is 0 Å². The molecule has 2 heteroatoms. The van der Waals surface area contributed by atoms with Crippen molar-refractivity contribution in [1.82, 2.24) is 0 Å². The molecule has 0 radical (unpaired) electrons. The zero-order chi connectivity index (χ0) is 17.1. The first kappa shape index (κ1) is 14.2. The van der Waals surface area contributed by atoms with Crippen molar-refractivity contribution in [2.24, 2.45) is 0 Å². The van der Waals surface area contributed by atoms with Crippen LogP contribution in [0.2, 0.25) is 0 Å². The highest BCUT2D eigenvalue weighted by Gasteiger charge is 2.45. The maximum atomic E-state index is 2.33. The molecule has 2 aliphatic heterocycles. The first-order valence-electron chi connectivity index (χ1n) is 9.30. The number of fused-ring (bicyclic) bond motifs is 11. The molecule has 0 aliphatic carbocycles. The van der Waals surface area contributed by atoms with Crippen LogP contribution in [0.15, 0.2) is 97.1 Å². The van der Waals surface area contributed by atoms with Crippen LogP contribution in [0.5, 0.6) is 0 Å². The molecule has 26 heavy (non-hydrogen) atoms. The Bertz CT molecular complexity index is 978. The van der Waals surface area contributed by atoms with Crippen molar-refractivity contribution in [3.8, 4) is 22.3 Å². The van der Waals surface area contributed by atoms with Crippen LogP contribution in [0.25, 0.3) is 22.3 Å². The quantitative estimate of drug-likeness (QED) is 0.436. The Labute approximate surface area is 154 Å². The van der Waals surface area contributed by atoms with Gasteiger partial charge in [-0.1, -0.05) is 119 Å². The number of rotatable bonds is 0. The lowest BCUT2D eigenvalue weighted by molar-refractivity contribution is 1.63. The van der Waals surface area contributed by atoms with Gasteiger partial charge >= 0.3 is 0 Å². The van der Waals surface area contributed by atoms with E-state index in [4.69, 9.17) is 0 Å². The van der Waals surface area contributed by atoms with Crippen molar-refractivity contribution in [1.29, 1.82) is 0 Å². The van der Waals surface area contributed by atoms with Gasteiger partial charge in [0.1, 0.15) is 0 Å². The Balaban J connectivity index is 1.77. The highest BCUT2D eigenvalue weighted by atomic mass is 14.2. The van der Waals surface area contributed by atoms with Crippen LogP contribution >= 0.6 is 0 Å². The number of hydrogen-bond donors (Lipinski definition) is 0. The third kappa shape index (κ3) is 1.77. The first-order chi connectivity index (χ1) is 12.9. The summed E-state index contributed by atoms with van der Waals surface area (Å²) in [4.78, 5) is 0. The molecule has 0 amide bonds. The molecule has 6 rings (SSSR count). The highest BCUT2D eigenvalue weighted by molar-refractivity contribution is 7.44. The molecule has 0 saturated carbocycles. The predicted octanol–water partition coefficient (Wildman–Crippen LogP) is 2.64. The second kappa shape index (κ2) is 5.25. The Morgan fingerprint density at radius 2 is 0.538 bits per heavy atom. The van der Waals surface area contributed by atoms with Gasteiger partial charge in [-0.2, -0.15) is 0 Å². The van der Waals surface area contributed by atoms with E-state index in [1.54, 1.807) is 0 Å². The molecule has 118 valence electrons. The first-order valence-corrected chi connectivity index (χ1v) is 9.30. The van der Waals surface area contributed by atoms with E-state index in [9.17, 15) is 0 Å². The zero-order valence-corrected chi connectivity index (χ0v) is 14.4. The van der Waals surface area contributed by atoms with Crippen LogP contribution in [0.3, 0.4) is 0 Å². The molecule has 2 aliphatic rings. The standard InChI is InChI=1S/C24H16B2/c1-5-13-21-17(9-1)18-10-2-6-14-22(18)26-24-16-8-4-12-20(24)19-11-3-7-15-23(19)25(21)26/h1-16H. The maximum Gasteiger partial charge on any atom is 0.193 e. The summed E-state index contributed by atoms with van der Waals surface area (Å²) in [5.41, 5.74) is 11.4. The molecule has 0 nitrogen and oxygen atoms in total. The molecule has 0 unspecified atom stereocenters. The fraction of sp³-hybridized carbons (Fsp3) is 0. The molecular weight excluding hydrogens is 310 g/mol. The molecular formula is C24H16B2. The summed E-state index contributed by atoms with van der Waals surface area (Å²) in [6, 6.07) is 35.9. The molecule has 0 atom stereocenters. The van der Waals surface area contributed by atoms with E-state index in [0.29, 0.717) is 13.2 Å². The van der Waals surface area contributed by atoms with Gasteiger partial charge in [-0.3, -0.25) is 0 Å². The Hall–Kier alpha value is -2.99. The van der Waals surface area contributed by atoms with Crippen molar-refractivity contribution in [2.75, 3.05) is 0 Å². The van der Waals surface area contributed by atoms with Gasteiger partial charge in [0.15, 0.2) is 13.2 Å². The van der Waals surface area contributed by atoms with Gasteiger partial charge in [-0.15, -0.1) is 0 Å². The van der Waals surface area contributed by atoms with Crippen LogP contribution in [0, 0.1) is 0 Å². The minimum atomic E-state index is 0.382. The highest BCUT2D eigenvalue weighted by Crippen LogP contribution is 2.28. The molecule has 0 aromatic heterocycles. The zero-order valence-electron chi connectivity index (χ0n) is 14.4. The van der Waals surface area contributed by atoms with E-state index in [0.717, 1.165) is 0 Å². The van der Waals surface area contributed by atoms with E-state index in [1.165, 1.54) is 44.1 Å². The summed E-state index contributed by atoms with van der Waals surface area (Å²) < 4.78 is 0. The van der Waals surface area contributed by atoms with Crippen molar-refractivity contribution >= 4 is 35.1 Å². The smallest absolute Gasteiger partial charge is 0.0737 e. The number of hydrogen-bond acceptors (Lipinski definition) is 0. The van der Waals surface area contributed by atoms with Gasteiger partial charge in [0.2, 0.25) is 0 Å². The summed E-state index contributed by atoms with van der Waals surface area (Å²) in [6.07, 6.45) is 0. The predicted molar refractivity (Wildman–Crippen MR) is 114 cm³/mol. The summed E-state index contributed by atoms with van der Waals surface area (Å²) >= 11 is 0. The number of benzene rings is 4. The van der Waals surface area contributed by atoms with Gasteiger partial charge in [0.25, 0.3) is 0 Å². The third-order valence-corrected chi connectivity index (χ3v) is 6.10. The van der Waals surface area contributed by atoms with Crippen LogP contribution in [-0.4, -0.2) is 13.2 Å². The molecule has 4 aromatic carbocycles. The molecule has 0 bridgehead atoms. The molecule has 0 saturated heterocycles. The van der Waals surface area contributed by atoms with Crippen LogP contribution < -0.4 is 21.9 Å². The lowest BCUT2D eigenvalue weighted by atomic mass is 8.98. The van der Waals surface area contributed by atoms with Crippen LogP contribution in [0.4, 0.5) is 0 Å². The molecule has 4 aromatic rings. The topological polar surface area (TPSA) is 0 Å². The van der Waals surface area contributed by atoms with Crippen molar-refractivity contribution in [3.05, 3.63) is 97.1 Å². The second-order valence-corrected chi connectivity index (χ2v) is 7.30. The lowest BCUT2D eigenvalue weighted by Gasteiger charge is -2.37. The van der Waals surface area contributed by atoms with Crippen LogP contribution in [0.1, 0.15) is 0 Å². The van der Waals surface area contributed by atoms with Crippen molar-refractivity contribution in [3.63, 3.8) is 0 Å².